The highest BCUT2D eigenvalue weighted by molar-refractivity contribution is 5.94. The summed E-state index contributed by atoms with van der Waals surface area (Å²) in [6.45, 7) is 2.02. The van der Waals surface area contributed by atoms with Crippen LogP contribution >= 0.6 is 0 Å². The molecule has 0 saturated heterocycles. The average molecular weight is 254 g/mol. The number of carboxylic acids is 1. The van der Waals surface area contributed by atoms with Gasteiger partial charge in [0.1, 0.15) is 0 Å². The van der Waals surface area contributed by atoms with Gasteiger partial charge in [-0.05, 0) is 24.6 Å². The molecule has 0 spiro atoms. The number of aromatic carboxylic acids is 1. The van der Waals surface area contributed by atoms with Crippen LogP contribution in [0.3, 0.4) is 0 Å². The summed E-state index contributed by atoms with van der Waals surface area (Å²) in [6.07, 6.45) is 1.65. The molecule has 0 unspecified atom stereocenters. The van der Waals surface area contributed by atoms with Gasteiger partial charge in [0.2, 0.25) is 0 Å². The summed E-state index contributed by atoms with van der Waals surface area (Å²) in [4.78, 5) is 11.0. The third kappa shape index (κ3) is 3.42. The molecule has 2 aromatic carbocycles. The van der Waals surface area contributed by atoms with Crippen molar-refractivity contribution in [1.29, 1.82) is 0 Å². The molecule has 0 aliphatic rings. The van der Waals surface area contributed by atoms with Crippen molar-refractivity contribution in [3.05, 3.63) is 65.2 Å². The van der Waals surface area contributed by atoms with Crippen LogP contribution in [0.15, 0.2) is 53.6 Å². The van der Waals surface area contributed by atoms with Crippen molar-refractivity contribution in [2.75, 3.05) is 5.43 Å². The first kappa shape index (κ1) is 12.8. The van der Waals surface area contributed by atoms with E-state index in [4.69, 9.17) is 5.11 Å². The van der Waals surface area contributed by atoms with Crippen LogP contribution in [0.25, 0.3) is 0 Å². The lowest BCUT2D eigenvalue weighted by Crippen LogP contribution is -2.02. The second-order valence-electron chi connectivity index (χ2n) is 4.13. The monoisotopic (exact) mass is 254 g/mol. The van der Waals surface area contributed by atoms with Gasteiger partial charge in [0, 0.05) is 0 Å². The predicted molar refractivity (Wildman–Crippen MR) is 75.8 cm³/mol. The van der Waals surface area contributed by atoms with Crippen LogP contribution in [0.4, 0.5) is 5.69 Å². The summed E-state index contributed by atoms with van der Waals surface area (Å²) >= 11 is 0. The Morgan fingerprint density at radius 2 is 1.84 bits per heavy atom. The maximum Gasteiger partial charge on any atom is 0.337 e. The molecule has 19 heavy (non-hydrogen) atoms. The molecule has 0 aliphatic heterocycles. The number of hydrazone groups is 1. The second kappa shape index (κ2) is 5.82. The minimum atomic E-state index is -0.978. The summed E-state index contributed by atoms with van der Waals surface area (Å²) in [7, 11) is 0. The van der Waals surface area contributed by atoms with Crippen LogP contribution in [-0.2, 0) is 0 Å². The molecule has 0 aromatic heterocycles. The molecule has 0 heterocycles. The Kier molecular flexibility index (Phi) is 3.93. The largest absolute Gasteiger partial charge is 0.478 e. The zero-order chi connectivity index (χ0) is 13.7. The maximum atomic E-state index is 11.0. The second-order valence-corrected chi connectivity index (χ2v) is 4.13. The van der Waals surface area contributed by atoms with Crippen LogP contribution in [0, 0.1) is 6.92 Å². The Morgan fingerprint density at radius 3 is 2.53 bits per heavy atom. The van der Waals surface area contributed by atoms with Crippen LogP contribution in [0.5, 0.6) is 0 Å². The summed E-state index contributed by atoms with van der Waals surface area (Å²) < 4.78 is 0. The molecule has 4 heteroatoms. The fourth-order valence-electron chi connectivity index (χ4n) is 1.60. The molecule has 96 valence electrons. The lowest BCUT2D eigenvalue weighted by atomic mass is 10.2. The van der Waals surface area contributed by atoms with Crippen molar-refractivity contribution in [1.82, 2.24) is 0 Å². The van der Waals surface area contributed by atoms with Gasteiger partial charge in [0.05, 0.1) is 17.5 Å². The smallest absolute Gasteiger partial charge is 0.337 e. The zero-order valence-electron chi connectivity index (χ0n) is 10.5. The predicted octanol–water partition coefficient (Wildman–Crippen LogP) is 3.14. The molecule has 2 rings (SSSR count). The minimum absolute atomic E-state index is 0.198. The maximum absolute atomic E-state index is 11.0. The number of carboxylic acid groups (broad SMARTS) is 1. The zero-order valence-corrected chi connectivity index (χ0v) is 10.5. The molecule has 0 saturated carbocycles. The van der Waals surface area contributed by atoms with Gasteiger partial charge in [-0.3, -0.25) is 5.43 Å². The molecule has 0 bridgehead atoms. The van der Waals surface area contributed by atoms with E-state index in [0.717, 1.165) is 5.56 Å². The summed E-state index contributed by atoms with van der Waals surface area (Å²) in [5, 5.41) is 13.1. The van der Waals surface area contributed by atoms with Crippen molar-refractivity contribution in [2.24, 2.45) is 5.10 Å². The number of nitrogens with zero attached hydrogens (tertiary/aromatic N) is 1. The average Bonchev–Trinajstić information content (AvgIpc) is 2.41. The number of anilines is 1. The first-order valence-corrected chi connectivity index (χ1v) is 5.85. The number of nitrogens with one attached hydrogen (secondary N) is 1. The van der Waals surface area contributed by atoms with E-state index in [0.29, 0.717) is 5.69 Å². The van der Waals surface area contributed by atoms with Crippen molar-refractivity contribution >= 4 is 17.9 Å². The molecule has 2 N–H and O–H groups in total. The van der Waals surface area contributed by atoms with E-state index in [9.17, 15) is 4.79 Å². The highest BCUT2D eigenvalue weighted by atomic mass is 16.4. The minimum Gasteiger partial charge on any atom is -0.478 e. The quantitative estimate of drug-likeness (QED) is 0.651. The Labute approximate surface area is 111 Å². The van der Waals surface area contributed by atoms with E-state index in [2.05, 4.69) is 10.5 Å². The number of aryl methyl sites for hydroxylation is 1. The van der Waals surface area contributed by atoms with Gasteiger partial charge in [-0.1, -0.05) is 42.0 Å². The van der Waals surface area contributed by atoms with Gasteiger partial charge < -0.3 is 5.11 Å². The van der Waals surface area contributed by atoms with Gasteiger partial charge in [0.15, 0.2) is 0 Å². The SMILES string of the molecule is Cc1ccc(/C=N/Nc2ccccc2C(=O)O)cc1. The summed E-state index contributed by atoms with van der Waals surface area (Å²) in [5.74, 6) is -0.978. The molecule has 0 radical (unpaired) electrons. The molecular weight excluding hydrogens is 240 g/mol. The van der Waals surface area contributed by atoms with Gasteiger partial charge >= 0.3 is 5.97 Å². The third-order valence-corrected chi connectivity index (χ3v) is 2.63. The van der Waals surface area contributed by atoms with Crippen molar-refractivity contribution < 1.29 is 9.90 Å². The van der Waals surface area contributed by atoms with Gasteiger partial charge in [-0.15, -0.1) is 0 Å². The van der Waals surface area contributed by atoms with Gasteiger partial charge in [-0.25, -0.2) is 4.79 Å². The fourth-order valence-corrected chi connectivity index (χ4v) is 1.60. The standard InChI is InChI=1S/C15H14N2O2/c1-11-6-8-12(9-7-11)10-16-17-14-5-3-2-4-13(14)15(18)19/h2-10,17H,1H3,(H,18,19)/b16-10+. The highest BCUT2D eigenvalue weighted by Gasteiger charge is 2.07. The summed E-state index contributed by atoms with van der Waals surface area (Å²) in [6, 6.07) is 14.5. The Hall–Kier alpha value is -2.62. The number of carbonyl (C=O) groups is 1. The molecule has 2 aromatic rings. The van der Waals surface area contributed by atoms with Gasteiger partial charge in [-0.2, -0.15) is 5.10 Å². The van der Waals surface area contributed by atoms with E-state index in [1.807, 2.05) is 31.2 Å². The fraction of sp³-hybridized carbons (Fsp3) is 0.0667. The normalized spacial score (nSPS) is 10.6. The number of hydrogen-bond donors (Lipinski definition) is 2. The third-order valence-electron chi connectivity index (χ3n) is 2.63. The van der Waals surface area contributed by atoms with Crippen molar-refractivity contribution in [2.45, 2.75) is 6.92 Å². The van der Waals surface area contributed by atoms with E-state index in [1.54, 1.807) is 24.4 Å². The number of para-hydroxylation sites is 1. The van der Waals surface area contributed by atoms with Crippen LogP contribution in [0.2, 0.25) is 0 Å². The first-order valence-electron chi connectivity index (χ1n) is 5.85. The summed E-state index contributed by atoms with van der Waals surface area (Å²) in [5.41, 5.74) is 5.55. The Bertz CT molecular complexity index is 604. The van der Waals surface area contributed by atoms with Crippen molar-refractivity contribution in [3.8, 4) is 0 Å². The van der Waals surface area contributed by atoms with Crippen LogP contribution in [-0.4, -0.2) is 17.3 Å². The van der Waals surface area contributed by atoms with E-state index in [-0.39, 0.29) is 5.56 Å². The van der Waals surface area contributed by atoms with E-state index >= 15 is 0 Å². The lowest BCUT2D eigenvalue weighted by Gasteiger charge is -2.04. The molecule has 0 fully saturated rings. The van der Waals surface area contributed by atoms with E-state index < -0.39 is 5.97 Å². The molecule has 0 amide bonds. The molecule has 0 aliphatic carbocycles. The lowest BCUT2D eigenvalue weighted by molar-refractivity contribution is 0.0698. The van der Waals surface area contributed by atoms with E-state index in [1.165, 1.54) is 11.6 Å². The number of benzene rings is 2. The highest BCUT2D eigenvalue weighted by Crippen LogP contribution is 2.14. The molecule has 4 nitrogen and oxygen atoms in total. The van der Waals surface area contributed by atoms with Gasteiger partial charge in [0.25, 0.3) is 0 Å². The first-order chi connectivity index (χ1) is 9.16. The number of hydrogen-bond acceptors (Lipinski definition) is 3. The number of rotatable bonds is 4. The topological polar surface area (TPSA) is 61.7 Å². The molecular formula is C15H14N2O2. The van der Waals surface area contributed by atoms with Crippen LogP contribution < -0.4 is 5.43 Å². The Balaban J connectivity index is 2.10. The Morgan fingerprint density at radius 1 is 1.16 bits per heavy atom. The molecule has 0 atom stereocenters. The van der Waals surface area contributed by atoms with Crippen LogP contribution in [0.1, 0.15) is 21.5 Å². The van der Waals surface area contributed by atoms with Crippen molar-refractivity contribution in [3.63, 3.8) is 0 Å².